The number of hydrogen-bond acceptors (Lipinski definition) is 5. The monoisotopic (exact) mass is 327 g/mol. The SMILES string of the molecule is CC(C)(C)OC(=O)NC#CCNCCCNC(=O)OC(C)(C)C. The van der Waals surface area contributed by atoms with E-state index in [1.807, 2.05) is 20.8 Å². The summed E-state index contributed by atoms with van der Waals surface area (Å²) >= 11 is 0. The first-order chi connectivity index (χ1) is 10.5. The number of amides is 2. The van der Waals surface area contributed by atoms with Crippen LogP contribution in [0.5, 0.6) is 0 Å². The lowest BCUT2D eigenvalue weighted by Crippen LogP contribution is -2.34. The Labute approximate surface area is 138 Å². The van der Waals surface area contributed by atoms with Crippen LogP contribution in [-0.2, 0) is 9.47 Å². The summed E-state index contributed by atoms with van der Waals surface area (Å²) in [6.45, 7) is 12.5. The second kappa shape index (κ2) is 9.95. The van der Waals surface area contributed by atoms with Gasteiger partial charge in [-0.25, -0.2) is 14.9 Å². The average Bonchev–Trinajstić information content (AvgIpc) is 2.32. The Balaban J connectivity index is 3.59. The highest BCUT2D eigenvalue weighted by atomic mass is 16.6. The lowest BCUT2D eigenvalue weighted by atomic mass is 10.2. The van der Waals surface area contributed by atoms with Crippen LogP contribution in [0.4, 0.5) is 9.59 Å². The van der Waals surface area contributed by atoms with Crippen molar-refractivity contribution >= 4 is 12.2 Å². The Morgan fingerprint density at radius 3 is 2.04 bits per heavy atom. The van der Waals surface area contributed by atoms with E-state index in [0.29, 0.717) is 19.6 Å². The lowest BCUT2D eigenvalue weighted by molar-refractivity contribution is 0.0523. The lowest BCUT2D eigenvalue weighted by Gasteiger charge is -2.19. The largest absolute Gasteiger partial charge is 0.444 e. The molecule has 0 radical (unpaired) electrons. The van der Waals surface area contributed by atoms with Gasteiger partial charge in [0.25, 0.3) is 0 Å². The highest BCUT2D eigenvalue weighted by molar-refractivity contribution is 5.69. The molecule has 0 fully saturated rings. The van der Waals surface area contributed by atoms with Crippen molar-refractivity contribution in [1.82, 2.24) is 16.0 Å². The van der Waals surface area contributed by atoms with E-state index in [4.69, 9.17) is 9.47 Å². The average molecular weight is 327 g/mol. The molecule has 7 nitrogen and oxygen atoms in total. The van der Waals surface area contributed by atoms with Gasteiger partial charge in [0.1, 0.15) is 11.2 Å². The number of carbonyl (C=O) groups excluding carboxylic acids is 2. The van der Waals surface area contributed by atoms with Gasteiger partial charge in [-0.05, 0) is 54.5 Å². The quantitative estimate of drug-likeness (QED) is 0.408. The van der Waals surface area contributed by atoms with Crippen LogP contribution in [0.2, 0.25) is 0 Å². The fourth-order valence-electron chi connectivity index (χ4n) is 1.31. The molecule has 0 saturated heterocycles. The molecule has 7 heteroatoms. The molecule has 0 bridgehead atoms. The summed E-state index contributed by atoms with van der Waals surface area (Å²) in [6.07, 6.45) is -0.231. The molecular weight excluding hydrogens is 298 g/mol. The Morgan fingerprint density at radius 2 is 1.48 bits per heavy atom. The van der Waals surface area contributed by atoms with Gasteiger partial charge in [-0.1, -0.05) is 5.92 Å². The third kappa shape index (κ3) is 16.3. The number of hydrogen-bond donors (Lipinski definition) is 3. The highest BCUT2D eigenvalue weighted by Gasteiger charge is 2.15. The fourth-order valence-corrected chi connectivity index (χ4v) is 1.31. The molecule has 0 unspecified atom stereocenters. The molecule has 0 rings (SSSR count). The van der Waals surface area contributed by atoms with E-state index in [1.54, 1.807) is 20.8 Å². The Hall–Kier alpha value is -1.94. The van der Waals surface area contributed by atoms with E-state index < -0.39 is 23.4 Å². The maximum atomic E-state index is 11.4. The van der Waals surface area contributed by atoms with E-state index in [9.17, 15) is 9.59 Å². The van der Waals surface area contributed by atoms with Crippen molar-refractivity contribution in [3.05, 3.63) is 0 Å². The van der Waals surface area contributed by atoms with E-state index in [-0.39, 0.29) is 0 Å². The highest BCUT2D eigenvalue weighted by Crippen LogP contribution is 2.06. The first kappa shape index (κ1) is 21.1. The molecular formula is C16H29N3O4. The van der Waals surface area contributed by atoms with Crippen LogP contribution in [0, 0.1) is 12.0 Å². The minimum absolute atomic E-state index is 0.418. The van der Waals surface area contributed by atoms with Crippen molar-refractivity contribution in [2.24, 2.45) is 0 Å². The van der Waals surface area contributed by atoms with E-state index >= 15 is 0 Å². The molecule has 0 atom stereocenters. The Morgan fingerprint density at radius 1 is 0.913 bits per heavy atom. The van der Waals surface area contributed by atoms with Gasteiger partial charge < -0.3 is 20.1 Å². The minimum atomic E-state index is -0.563. The van der Waals surface area contributed by atoms with E-state index in [2.05, 4.69) is 27.9 Å². The molecule has 0 aromatic rings. The van der Waals surface area contributed by atoms with Crippen molar-refractivity contribution < 1.29 is 19.1 Å². The van der Waals surface area contributed by atoms with Crippen LogP contribution < -0.4 is 16.0 Å². The number of ether oxygens (including phenoxy) is 2. The van der Waals surface area contributed by atoms with Crippen LogP contribution in [0.25, 0.3) is 0 Å². The predicted octanol–water partition coefficient (Wildman–Crippen LogP) is 1.98. The third-order valence-electron chi connectivity index (χ3n) is 2.06. The molecule has 0 aromatic heterocycles. The first-order valence-corrected chi connectivity index (χ1v) is 7.64. The van der Waals surface area contributed by atoms with Crippen LogP contribution in [0.3, 0.4) is 0 Å². The fraction of sp³-hybridized carbons (Fsp3) is 0.750. The standard InChI is InChI=1S/C16H29N3O4/c1-15(2,3)22-13(20)18-11-7-9-17-10-8-12-19-14(21)23-16(4,5)6/h17H,7,9-11H2,1-6H3,(H,18,20)(H,19,21). The molecule has 0 aliphatic rings. The van der Waals surface area contributed by atoms with Crippen molar-refractivity contribution in [3.63, 3.8) is 0 Å². The van der Waals surface area contributed by atoms with E-state index in [0.717, 1.165) is 6.42 Å². The summed E-state index contributed by atoms with van der Waals surface area (Å²) in [6, 6.07) is 2.52. The number of alkyl carbamates (subject to hydrolysis) is 2. The van der Waals surface area contributed by atoms with Gasteiger partial charge in [-0.15, -0.1) is 0 Å². The van der Waals surface area contributed by atoms with Crippen LogP contribution in [0.15, 0.2) is 0 Å². The van der Waals surface area contributed by atoms with Gasteiger partial charge in [0, 0.05) is 12.6 Å². The van der Waals surface area contributed by atoms with Crippen molar-refractivity contribution in [1.29, 1.82) is 0 Å². The second-order valence-electron chi connectivity index (χ2n) is 6.89. The van der Waals surface area contributed by atoms with Gasteiger partial charge in [-0.3, -0.25) is 0 Å². The molecule has 132 valence electrons. The smallest absolute Gasteiger partial charge is 0.419 e. The molecule has 0 aromatic carbocycles. The second-order valence-corrected chi connectivity index (χ2v) is 6.89. The predicted molar refractivity (Wildman–Crippen MR) is 88.9 cm³/mol. The van der Waals surface area contributed by atoms with Crippen molar-refractivity contribution in [2.45, 2.75) is 59.2 Å². The van der Waals surface area contributed by atoms with Crippen LogP contribution in [0.1, 0.15) is 48.0 Å². The topological polar surface area (TPSA) is 88.7 Å². The summed E-state index contributed by atoms with van der Waals surface area (Å²) in [5.41, 5.74) is -1.02. The van der Waals surface area contributed by atoms with Crippen molar-refractivity contribution in [2.75, 3.05) is 19.6 Å². The zero-order valence-electron chi connectivity index (χ0n) is 15.0. The van der Waals surface area contributed by atoms with Gasteiger partial charge in [-0.2, -0.15) is 0 Å². The molecule has 23 heavy (non-hydrogen) atoms. The normalized spacial score (nSPS) is 11.0. The number of nitrogens with one attached hydrogen (secondary N) is 3. The number of carbonyl (C=O) groups is 2. The molecule has 0 saturated carbocycles. The summed E-state index contributed by atoms with van der Waals surface area (Å²) in [5.74, 6) is 2.75. The summed E-state index contributed by atoms with van der Waals surface area (Å²) < 4.78 is 10.1. The molecule has 3 N–H and O–H groups in total. The Kier molecular flexibility index (Phi) is 9.11. The summed E-state index contributed by atoms with van der Waals surface area (Å²) in [4.78, 5) is 22.7. The zero-order chi connectivity index (χ0) is 17.9. The van der Waals surface area contributed by atoms with Gasteiger partial charge in [0.15, 0.2) is 0 Å². The molecule has 0 aliphatic carbocycles. The van der Waals surface area contributed by atoms with E-state index in [1.165, 1.54) is 0 Å². The van der Waals surface area contributed by atoms with Crippen LogP contribution in [-0.4, -0.2) is 43.0 Å². The summed E-state index contributed by atoms with van der Waals surface area (Å²) in [7, 11) is 0. The van der Waals surface area contributed by atoms with Gasteiger partial charge in [0.05, 0.1) is 6.54 Å². The van der Waals surface area contributed by atoms with Crippen molar-refractivity contribution in [3.8, 4) is 12.0 Å². The molecule has 0 aliphatic heterocycles. The van der Waals surface area contributed by atoms with Crippen LogP contribution >= 0.6 is 0 Å². The molecule has 2 amide bonds. The Bertz CT molecular complexity index is 439. The maximum Gasteiger partial charge on any atom is 0.419 e. The van der Waals surface area contributed by atoms with Gasteiger partial charge in [0.2, 0.25) is 0 Å². The first-order valence-electron chi connectivity index (χ1n) is 7.64. The van der Waals surface area contributed by atoms with Gasteiger partial charge >= 0.3 is 12.2 Å². The summed E-state index contributed by atoms with van der Waals surface area (Å²) in [5, 5.41) is 8.08. The minimum Gasteiger partial charge on any atom is -0.444 e. The molecule has 0 spiro atoms. The molecule has 0 heterocycles. The zero-order valence-corrected chi connectivity index (χ0v) is 15.0. The third-order valence-corrected chi connectivity index (χ3v) is 2.06. The maximum absolute atomic E-state index is 11.4. The number of rotatable bonds is 5.